The van der Waals surface area contributed by atoms with E-state index in [9.17, 15) is 14.4 Å². The molecule has 0 fully saturated rings. The van der Waals surface area contributed by atoms with Gasteiger partial charge in [-0.15, -0.1) is 0 Å². The van der Waals surface area contributed by atoms with Crippen LogP contribution in [0.15, 0.2) is 54.6 Å². The molecule has 0 amide bonds. The molecule has 1 aromatic carbocycles. The fourth-order valence-corrected chi connectivity index (χ4v) is 1.61. The summed E-state index contributed by atoms with van der Waals surface area (Å²) in [4.78, 5) is 33.9. The molecule has 0 aromatic heterocycles. The van der Waals surface area contributed by atoms with Gasteiger partial charge in [0.15, 0.2) is 12.4 Å². The first kappa shape index (κ1) is 19.2. The Labute approximate surface area is 140 Å². The number of carbonyl (C=O) groups excluding carboxylic acids is 3. The molecule has 0 heterocycles. The zero-order valence-corrected chi connectivity index (χ0v) is 13.5. The largest absolute Gasteiger partial charge is 0.508 e. The van der Waals surface area contributed by atoms with Gasteiger partial charge in [0, 0.05) is 0 Å². The molecule has 0 spiro atoms. The van der Waals surface area contributed by atoms with Gasteiger partial charge in [0.2, 0.25) is 0 Å². The van der Waals surface area contributed by atoms with E-state index in [4.69, 9.17) is 4.74 Å². The van der Waals surface area contributed by atoms with Crippen molar-refractivity contribution in [3.05, 3.63) is 60.2 Å². The van der Waals surface area contributed by atoms with E-state index in [0.29, 0.717) is 18.4 Å². The standard InChI is InChI=1S/C18H20O6/c1-22-18(21)23-13-9-4-2-3-8-12-16(19)14-24-17(20)15-10-6-5-7-11-15/h4-12H,2-3,13-14H2,1H3/b9-4+,12-8+. The third kappa shape index (κ3) is 8.53. The van der Waals surface area contributed by atoms with E-state index in [1.165, 1.54) is 13.2 Å². The fraction of sp³-hybridized carbons (Fsp3) is 0.278. The van der Waals surface area contributed by atoms with Gasteiger partial charge in [0.1, 0.15) is 6.61 Å². The Balaban J connectivity index is 2.14. The van der Waals surface area contributed by atoms with Crippen LogP contribution in [0.2, 0.25) is 0 Å². The average molecular weight is 332 g/mol. The van der Waals surface area contributed by atoms with Crippen LogP contribution >= 0.6 is 0 Å². The third-order valence-electron chi connectivity index (χ3n) is 2.79. The van der Waals surface area contributed by atoms with Crippen LogP contribution in [0.1, 0.15) is 23.2 Å². The second kappa shape index (κ2) is 11.6. The minimum atomic E-state index is -0.727. The van der Waals surface area contributed by atoms with Crippen LogP contribution in [-0.2, 0) is 19.0 Å². The topological polar surface area (TPSA) is 78.9 Å². The van der Waals surface area contributed by atoms with E-state index >= 15 is 0 Å². The minimum Gasteiger partial charge on any atom is -0.454 e. The number of hydrogen-bond acceptors (Lipinski definition) is 6. The van der Waals surface area contributed by atoms with E-state index in [1.54, 1.807) is 42.5 Å². The molecule has 1 rings (SSSR count). The number of carbonyl (C=O) groups is 3. The molecule has 0 atom stereocenters. The summed E-state index contributed by atoms with van der Waals surface area (Å²) in [5.74, 6) is -0.803. The lowest BCUT2D eigenvalue weighted by Crippen LogP contribution is -2.12. The van der Waals surface area contributed by atoms with Gasteiger partial charge in [0.05, 0.1) is 12.7 Å². The van der Waals surface area contributed by atoms with Crippen LogP contribution in [0.25, 0.3) is 0 Å². The summed E-state index contributed by atoms with van der Waals surface area (Å²) in [6.45, 7) is -0.141. The smallest absolute Gasteiger partial charge is 0.454 e. The first-order valence-electron chi connectivity index (χ1n) is 7.40. The first-order chi connectivity index (χ1) is 11.6. The number of benzene rings is 1. The van der Waals surface area contributed by atoms with E-state index in [1.807, 2.05) is 6.08 Å². The van der Waals surface area contributed by atoms with Crippen molar-refractivity contribution in [2.45, 2.75) is 12.8 Å². The van der Waals surface area contributed by atoms with Gasteiger partial charge < -0.3 is 14.2 Å². The Bertz CT molecular complexity index is 589. The summed E-state index contributed by atoms with van der Waals surface area (Å²) in [7, 11) is 1.24. The molecule has 24 heavy (non-hydrogen) atoms. The number of ketones is 1. The van der Waals surface area contributed by atoms with Crippen LogP contribution in [0.4, 0.5) is 4.79 Å². The van der Waals surface area contributed by atoms with Crippen molar-refractivity contribution in [2.24, 2.45) is 0 Å². The van der Waals surface area contributed by atoms with Gasteiger partial charge in [-0.3, -0.25) is 4.79 Å². The highest BCUT2D eigenvalue weighted by atomic mass is 16.7. The second-order valence-corrected chi connectivity index (χ2v) is 4.62. The Hall–Kier alpha value is -2.89. The minimum absolute atomic E-state index is 0.144. The van der Waals surface area contributed by atoms with E-state index in [2.05, 4.69) is 9.47 Å². The molecule has 128 valence electrons. The maximum absolute atomic E-state index is 11.6. The SMILES string of the molecule is COC(=O)OC/C=C/CC/C=C/C(=O)COC(=O)c1ccccc1. The van der Waals surface area contributed by atoms with E-state index in [-0.39, 0.29) is 19.0 Å². The highest BCUT2D eigenvalue weighted by Crippen LogP contribution is 2.01. The zero-order valence-electron chi connectivity index (χ0n) is 13.5. The molecule has 0 aliphatic heterocycles. The Morgan fingerprint density at radius 1 is 0.958 bits per heavy atom. The molecular weight excluding hydrogens is 312 g/mol. The quantitative estimate of drug-likeness (QED) is 0.299. The van der Waals surface area contributed by atoms with Gasteiger partial charge in [-0.05, 0) is 31.1 Å². The predicted molar refractivity (Wildman–Crippen MR) is 87.6 cm³/mol. The van der Waals surface area contributed by atoms with E-state index < -0.39 is 12.1 Å². The maximum atomic E-state index is 11.6. The summed E-state index contributed by atoms with van der Waals surface area (Å²) in [5, 5.41) is 0. The molecule has 0 aliphatic carbocycles. The van der Waals surface area contributed by atoms with Crippen LogP contribution in [-0.4, -0.2) is 38.2 Å². The zero-order chi connectivity index (χ0) is 17.6. The lowest BCUT2D eigenvalue weighted by Gasteiger charge is -2.01. The van der Waals surface area contributed by atoms with Crippen LogP contribution in [0.3, 0.4) is 0 Å². The summed E-state index contributed by atoms with van der Waals surface area (Å²) >= 11 is 0. The predicted octanol–water partition coefficient (Wildman–Crippen LogP) is 3.09. The molecule has 1 aromatic rings. The van der Waals surface area contributed by atoms with Gasteiger partial charge in [-0.25, -0.2) is 9.59 Å². The van der Waals surface area contributed by atoms with Crippen molar-refractivity contribution in [1.82, 2.24) is 0 Å². The van der Waals surface area contributed by atoms with Crippen molar-refractivity contribution in [3.63, 3.8) is 0 Å². The number of unbranched alkanes of at least 4 members (excludes halogenated alkanes) is 1. The second-order valence-electron chi connectivity index (χ2n) is 4.62. The van der Waals surface area contributed by atoms with Gasteiger partial charge >= 0.3 is 12.1 Å². The molecule has 0 aliphatic rings. The first-order valence-corrected chi connectivity index (χ1v) is 7.40. The summed E-state index contributed by atoms with van der Waals surface area (Å²) in [6.07, 6.45) is 7.21. The molecule has 0 unspecified atom stereocenters. The lowest BCUT2D eigenvalue weighted by atomic mass is 10.2. The molecule has 6 nitrogen and oxygen atoms in total. The molecule has 6 heteroatoms. The monoisotopic (exact) mass is 332 g/mol. The Morgan fingerprint density at radius 2 is 1.67 bits per heavy atom. The van der Waals surface area contributed by atoms with Crippen LogP contribution < -0.4 is 0 Å². The summed E-state index contributed by atoms with van der Waals surface area (Å²) in [6, 6.07) is 8.49. The van der Waals surface area contributed by atoms with Gasteiger partial charge in [-0.2, -0.15) is 0 Å². The lowest BCUT2D eigenvalue weighted by molar-refractivity contribution is -0.117. The summed E-state index contributed by atoms with van der Waals surface area (Å²) in [5.41, 5.74) is 0.411. The van der Waals surface area contributed by atoms with Crippen molar-refractivity contribution >= 4 is 17.9 Å². The molecule has 0 radical (unpaired) electrons. The van der Waals surface area contributed by atoms with Crippen molar-refractivity contribution < 1.29 is 28.6 Å². The highest BCUT2D eigenvalue weighted by molar-refractivity contribution is 5.95. The number of hydrogen-bond donors (Lipinski definition) is 0. The normalized spacial score (nSPS) is 10.7. The highest BCUT2D eigenvalue weighted by Gasteiger charge is 2.07. The van der Waals surface area contributed by atoms with Crippen molar-refractivity contribution in [3.8, 4) is 0 Å². The van der Waals surface area contributed by atoms with E-state index in [0.717, 1.165) is 0 Å². The van der Waals surface area contributed by atoms with Gasteiger partial charge in [0.25, 0.3) is 0 Å². The van der Waals surface area contributed by atoms with Crippen LogP contribution in [0, 0.1) is 0 Å². The number of ether oxygens (including phenoxy) is 3. The molecule has 0 saturated heterocycles. The number of rotatable bonds is 9. The van der Waals surface area contributed by atoms with Crippen molar-refractivity contribution in [1.29, 1.82) is 0 Å². The molecule has 0 saturated carbocycles. The maximum Gasteiger partial charge on any atom is 0.508 e. The van der Waals surface area contributed by atoms with Crippen molar-refractivity contribution in [2.75, 3.05) is 20.3 Å². The Kier molecular flexibility index (Phi) is 9.30. The van der Waals surface area contributed by atoms with Crippen LogP contribution in [0.5, 0.6) is 0 Å². The number of methoxy groups -OCH3 is 1. The third-order valence-corrected chi connectivity index (χ3v) is 2.79. The molecule has 0 bridgehead atoms. The summed E-state index contributed by atoms with van der Waals surface area (Å²) < 4.78 is 13.9. The molecule has 0 N–H and O–H groups in total. The average Bonchev–Trinajstić information content (AvgIpc) is 2.62. The Morgan fingerprint density at radius 3 is 2.38 bits per heavy atom. The fourth-order valence-electron chi connectivity index (χ4n) is 1.61. The molecular formula is C18H20O6. The van der Waals surface area contributed by atoms with Gasteiger partial charge in [-0.1, -0.05) is 36.4 Å². The number of esters is 1. The number of allylic oxidation sites excluding steroid dienone is 2.